The number of aromatic nitrogens is 4. The van der Waals surface area contributed by atoms with Crippen LogP contribution in [-0.2, 0) is 5.41 Å². The van der Waals surface area contributed by atoms with Crippen molar-refractivity contribution in [2.75, 3.05) is 0 Å². The molecule has 8 heteroatoms. The van der Waals surface area contributed by atoms with Crippen molar-refractivity contribution in [3.63, 3.8) is 0 Å². The maximum atomic E-state index is 14.2. The Kier molecular flexibility index (Phi) is 5.74. The minimum atomic E-state index is -0.916. The lowest BCUT2D eigenvalue weighted by Gasteiger charge is -2.25. The third-order valence-corrected chi connectivity index (χ3v) is 5.78. The van der Waals surface area contributed by atoms with Crippen LogP contribution in [0.3, 0.4) is 0 Å². The van der Waals surface area contributed by atoms with Gasteiger partial charge >= 0.3 is 0 Å². The van der Waals surface area contributed by atoms with Gasteiger partial charge in [-0.25, -0.2) is 4.98 Å². The summed E-state index contributed by atoms with van der Waals surface area (Å²) in [5, 5.41) is 0. The molecule has 31 heavy (non-hydrogen) atoms. The molecule has 4 nitrogen and oxygen atoms in total. The van der Waals surface area contributed by atoms with E-state index >= 15 is 0 Å². The number of pyridine rings is 4. The van der Waals surface area contributed by atoms with Crippen molar-refractivity contribution in [1.82, 2.24) is 19.9 Å². The number of hydrogen-bond donors (Lipinski definition) is 0. The Bertz CT molecular complexity index is 1180. The highest BCUT2D eigenvalue weighted by Gasteiger charge is 2.27. The summed E-state index contributed by atoms with van der Waals surface area (Å²) in [5.41, 5.74) is 2.61. The van der Waals surface area contributed by atoms with Crippen LogP contribution in [0.4, 0.5) is 13.2 Å². The standard InChI is InChI=1S/C23H16F3IN4/c1-23(2,17-7-3-5-15(28-17)13-9-11-19(24)30-21(13)26)18-8-4-6-16(29-18)14-10-12-20(25)31-22(14)27/h3-12H,1-2H3. The zero-order chi connectivity index (χ0) is 22.2. The van der Waals surface area contributed by atoms with Crippen molar-refractivity contribution < 1.29 is 13.2 Å². The molecule has 0 bridgehead atoms. The Morgan fingerprint density at radius 2 is 1.16 bits per heavy atom. The minimum Gasteiger partial charge on any atom is -0.252 e. The average molecular weight is 532 g/mol. The molecule has 0 atom stereocenters. The fourth-order valence-electron chi connectivity index (χ4n) is 3.20. The summed E-state index contributed by atoms with van der Waals surface area (Å²) in [6.07, 6.45) is 0. The molecule has 0 aliphatic heterocycles. The molecule has 0 aliphatic carbocycles. The van der Waals surface area contributed by atoms with Crippen LogP contribution in [0.25, 0.3) is 22.5 Å². The highest BCUT2D eigenvalue weighted by Crippen LogP contribution is 2.32. The molecule has 0 fully saturated rings. The van der Waals surface area contributed by atoms with Crippen molar-refractivity contribution in [2.24, 2.45) is 0 Å². The molecule has 0 radical (unpaired) electrons. The predicted octanol–water partition coefficient (Wildman–Crippen LogP) is 5.95. The molecule has 4 aromatic rings. The molecule has 0 aliphatic rings. The molecule has 0 aromatic carbocycles. The van der Waals surface area contributed by atoms with E-state index in [4.69, 9.17) is 4.98 Å². The van der Waals surface area contributed by atoms with E-state index in [0.717, 1.165) is 17.3 Å². The summed E-state index contributed by atoms with van der Waals surface area (Å²) < 4.78 is 41.2. The first kappa shape index (κ1) is 21.4. The van der Waals surface area contributed by atoms with Gasteiger partial charge in [0.05, 0.1) is 28.3 Å². The van der Waals surface area contributed by atoms with Gasteiger partial charge in [0.25, 0.3) is 0 Å². The molecular formula is C23H16F3IN4. The van der Waals surface area contributed by atoms with Crippen molar-refractivity contribution in [3.8, 4) is 22.5 Å². The number of rotatable bonds is 4. The van der Waals surface area contributed by atoms with Gasteiger partial charge in [-0.05, 0) is 85.0 Å². The molecule has 0 amide bonds. The monoisotopic (exact) mass is 532 g/mol. The normalized spacial score (nSPS) is 11.5. The molecule has 0 N–H and O–H groups in total. The first-order valence-corrected chi connectivity index (χ1v) is 10.4. The molecule has 0 saturated heterocycles. The van der Waals surface area contributed by atoms with Gasteiger partial charge in [-0.15, -0.1) is 0 Å². The Labute approximate surface area is 190 Å². The summed E-state index contributed by atoms with van der Waals surface area (Å²) in [5.74, 6) is -2.35. The molecular weight excluding hydrogens is 516 g/mol. The van der Waals surface area contributed by atoms with Crippen LogP contribution in [0, 0.1) is 21.5 Å². The quantitative estimate of drug-likeness (QED) is 0.241. The van der Waals surface area contributed by atoms with Crippen LogP contribution in [-0.4, -0.2) is 19.9 Å². The van der Waals surface area contributed by atoms with E-state index < -0.39 is 23.3 Å². The third-order valence-electron chi connectivity index (χ3n) is 4.96. The SMILES string of the molecule is CC(C)(c1cccc(-c2ccc(F)nc2F)n1)c1cccc(-c2ccc(F)nc2I)n1. The Hall–Kier alpha value is -2.88. The van der Waals surface area contributed by atoms with Crippen molar-refractivity contribution in [1.29, 1.82) is 0 Å². The fraction of sp³-hybridized carbons (Fsp3) is 0.130. The lowest BCUT2D eigenvalue weighted by Crippen LogP contribution is -2.22. The van der Waals surface area contributed by atoms with Crippen LogP contribution < -0.4 is 0 Å². The van der Waals surface area contributed by atoms with E-state index in [2.05, 4.69) is 15.0 Å². The highest BCUT2D eigenvalue weighted by atomic mass is 127. The van der Waals surface area contributed by atoms with Gasteiger partial charge in [-0.3, -0.25) is 9.97 Å². The van der Waals surface area contributed by atoms with Crippen molar-refractivity contribution in [2.45, 2.75) is 19.3 Å². The van der Waals surface area contributed by atoms with Gasteiger partial charge < -0.3 is 0 Å². The topological polar surface area (TPSA) is 51.6 Å². The van der Waals surface area contributed by atoms with E-state index in [1.54, 1.807) is 18.2 Å². The van der Waals surface area contributed by atoms with Crippen molar-refractivity contribution >= 4 is 22.6 Å². The van der Waals surface area contributed by atoms with Gasteiger partial charge in [-0.2, -0.15) is 18.2 Å². The van der Waals surface area contributed by atoms with Crippen LogP contribution in [0.2, 0.25) is 0 Å². The zero-order valence-electron chi connectivity index (χ0n) is 16.6. The first-order chi connectivity index (χ1) is 14.8. The number of hydrogen-bond acceptors (Lipinski definition) is 4. The van der Waals surface area contributed by atoms with E-state index in [9.17, 15) is 13.2 Å². The largest absolute Gasteiger partial charge is 0.252 e. The van der Waals surface area contributed by atoms with Gasteiger partial charge in [-0.1, -0.05) is 12.1 Å². The summed E-state index contributed by atoms with van der Waals surface area (Å²) in [6.45, 7) is 3.91. The Balaban J connectivity index is 1.75. The number of nitrogens with zero attached hydrogens (tertiary/aromatic N) is 4. The second-order valence-electron chi connectivity index (χ2n) is 7.39. The van der Waals surface area contributed by atoms with E-state index in [-0.39, 0.29) is 5.56 Å². The maximum Gasteiger partial charge on any atom is 0.224 e. The second kappa shape index (κ2) is 8.33. The lowest BCUT2D eigenvalue weighted by molar-refractivity contribution is 0.514. The van der Waals surface area contributed by atoms with E-state index in [1.807, 2.05) is 60.7 Å². The van der Waals surface area contributed by atoms with Gasteiger partial charge in [0, 0.05) is 11.0 Å². The zero-order valence-corrected chi connectivity index (χ0v) is 18.7. The summed E-state index contributed by atoms with van der Waals surface area (Å²) in [6, 6.07) is 16.2. The van der Waals surface area contributed by atoms with Crippen LogP contribution in [0.1, 0.15) is 25.2 Å². The molecule has 4 heterocycles. The van der Waals surface area contributed by atoms with E-state index in [1.165, 1.54) is 12.1 Å². The molecule has 4 rings (SSSR count). The van der Waals surface area contributed by atoms with Crippen LogP contribution in [0.5, 0.6) is 0 Å². The van der Waals surface area contributed by atoms with Crippen molar-refractivity contribution in [3.05, 3.63) is 93.6 Å². The smallest absolute Gasteiger partial charge is 0.224 e. The fourth-order valence-corrected chi connectivity index (χ4v) is 3.89. The Morgan fingerprint density at radius 3 is 1.71 bits per heavy atom. The molecule has 156 valence electrons. The molecule has 0 unspecified atom stereocenters. The summed E-state index contributed by atoms with van der Waals surface area (Å²) >= 11 is 1.98. The second-order valence-corrected chi connectivity index (χ2v) is 8.41. The van der Waals surface area contributed by atoms with Crippen LogP contribution in [0.15, 0.2) is 60.7 Å². The molecule has 0 spiro atoms. The summed E-state index contributed by atoms with van der Waals surface area (Å²) in [7, 11) is 0. The van der Waals surface area contributed by atoms with Gasteiger partial charge in [0.15, 0.2) is 0 Å². The third kappa shape index (κ3) is 4.30. The summed E-state index contributed by atoms with van der Waals surface area (Å²) in [4.78, 5) is 16.5. The van der Waals surface area contributed by atoms with Gasteiger partial charge in [0.1, 0.15) is 3.70 Å². The average Bonchev–Trinajstić information content (AvgIpc) is 2.74. The lowest BCUT2D eigenvalue weighted by atomic mass is 9.84. The number of halogens is 4. The predicted molar refractivity (Wildman–Crippen MR) is 120 cm³/mol. The molecule has 4 aromatic heterocycles. The Morgan fingerprint density at radius 1 is 0.645 bits per heavy atom. The maximum absolute atomic E-state index is 14.2. The molecule has 0 saturated carbocycles. The highest BCUT2D eigenvalue weighted by molar-refractivity contribution is 14.1. The van der Waals surface area contributed by atoms with E-state index in [0.29, 0.717) is 20.8 Å². The first-order valence-electron chi connectivity index (χ1n) is 9.35. The van der Waals surface area contributed by atoms with Crippen LogP contribution >= 0.6 is 22.6 Å². The van der Waals surface area contributed by atoms with Gasteiger partial charge in [0.2, 0.25) is 17.8 Å². The minimum absolute atomic E-state index is 0.118.